The number of allylic oxidation sites excluding steroid dienone is 8. The Balaban J connectivity index is 0.947. The van der Waals surface area contributed by atoms with Crippen LogP contribution in [0.25, 0.3) is 11.4 Å². The average molecular weight is 823 g/mol. The number of aryl methyl sites for hydroxylation is 2. The fourth-order valence-corrected chi connectivity index (χ4v) is 12.1. The molecular weight excluding hydrogens is 773 g/mol. The Bertz CT molecular complexity index is 2830. The Morgan fingerprint density at radius 2 is 0.857 bits per heavy atom. The van der Waals surface area contributed by atoms with E-state index in [9.17, 15) is 0 Å². The van der Waals surface area contributed by atoms with Crippen molar-refractivity contribution in [2.45, 2.75) is 56.4 Å². The average Bonchev–Trinajstić information content (AvgIpc) is 4.03. The zero-order chi connectivity index (χ0) is 41.8. The third-order valence-corrected chi connectivity index (χ3v) is 15.0. The number of hydrogen-bond donors (Lipinski definition) is 0. The predicted molar refractivity (Wildman–Crippen MR) is 252 cm³/mol. The fraction of sp³-hybridized carbons (Fsp3) is 0.241. The minimum atomic E-state index is -0.163. The van der Waals surface area contributed by atoms with Crippen molar-refractivity contribution in [3.63, 3.8) is 0 Å². The highest BCUT2D eigenvalue weighted by Crippen LogP contribution is 2.59. The monoisotopic (exact) mass is 822 g/mol. The van der Waals surface area contributed by atoms with E-state index in [2.05, 4.69) is 218 Å². The molecule has 4 aromatic carbocycles. The van der Waals surface area contributed by atoms with Gasteiger partial charge in [-0.1, -0.05) is 163 Å². The second-order valence-electron chi connectivity index (χ2n) is 18.6. The van der Waals surface area contributed by atoms with Gasteiger partial charge in [-0.2, -0.15) is 0 Å². The van der Waals surface area contributed by atoms with E-state index in [4.69, 9.17) is 14.2 Å². The van der Waals surface area contributed by atoms with E-state index in [1.807, 2.05) is 0 Å². The summed E-state index contributed by atoms with van der Waals surface area (Å²) in [6, 6.07) is 36.0. The first kappa shape index (κ1) is 37.3. The molecule has 0 spiro atoms. The molecular formula is C58H50N2O3. The van der Waals surface area contributed by atoms with Crippen LogP contribution in [0.1, 0.15) is 45.4 Å². The lowest BCUT2D eigenvalue weighted by molar-refractivity contribution is 0.0595. The Morgan fingerprint density at radius 3 is 1.43 bits per heavy atom. The zero-order valence-electron chi connectivity index (χ0n) is 35.5. The Labute approximate surface area is 370 Å². The smallest absolute Gasteiger partial charge is 0.106 e. The van der Waals surface area contributed by atoms with Gasteiger partial charge < -0.3 is 24.0 Å². The van der Waals surface area contributed by atoms with Gasteiger partial charge in [0, 0.05) is 63.7 Å². The molecule has 6 aliphatic carbocycles. The fourth-order valence-electron chi connectivity index (χ4n) is 12.1. The van der Waals surface area contributed by atoms with Crippen molar-refractivity contribution in [1.29, 1.82) is 0 Å². The van der Waals surface area contributed by atoms with Crippen LogP contribution < -0.4 is 9.80 Å². The van der Waals surface area contributed by atoms with Crippen molar-refractivity contribution in [3.05, 3.63) is 239 Å². The summed E-state index contributed by atoms with van der Waals surface area (Å²) in [5.74, 6) is 1.29. The molecule has 3 aliphatic heterocycles. The quantitative estimate of drug-likeness (QED) is 0.194. The van der Waals surface area contributed by atoms with Gasteiger partial charge in [0.25, 0.3) is 0 Å². The van der Waals surface area contributed by atoms with Crippen LogP contribution in [-0.2, 0) is 14.2 Å². The topological polar surface area (TPSA) is 34.2 Å². The number of anilines is 2. The van der Waals surface area contributed by atoms with Gasteiger partial charge in [0.05, 0.1) is 41.5 Å². The molecule has 12 atom stereocenters. The molecule has 13 rings (SSSR count). The highest BCUT2D eigenvalue weighted by atomic mass is 16.5. The van der Waals surface area contributed by atoms with E-state index in [0.29, 0.717) is 11.8 Å². The number of rotatable bonds is 6. The Hall–Kier alpha value is -6.24. The number of ether oxygens (including phenoxy) is 3. The molecule has 0 N–H and O–H groups in total. The summed E-state index contributed by atoms with van der Waals surface area (Å²) in [7, 11) is 0. The minimum absolute atomic E-state index is 0.0548. The summed E-state index contributed by atoms with van der Waals surface area (Å²) in [6.45, 7) is 4.32. The van der Waals surface area contributed by atoms with Crippen molar-refractivity contribution in [3.8, 4) is 0 Å². The predicted octanol–water partition coefficient (Wildman–Crippen LogP) is 12.0. The SMILES string of the molecule is Cc1ccc(N(C2=CC3C(OC4C=C(N(C5=CC=CC6C5OC5C=CC=CC56)c5ccc(C)cc5)c5ccccc5C43)c3ccccc32)C2=CC=CC3C2OC2C=CC=CC23)cc1. The molecule has 0 radical (unpaired) electrons. The van der Waals surface area contributed by atoms with Gasteiger partial charge in [0.2, 0.25) is 0 Å². The number of fused-ring (bicyclic) bond motifs is 13. The van der Waals surface area contributed by atoms with Crippen molar-refractivity contribution < 1.29 is 14.2 Å². The molecule has 5 nitrogen and oxygen atoms in total. The van der Waals surface area contributed by atoms with E-state index < -0.39 is 0 Å². The molecule has 0 bridgehead atoms. The maximum Gasteiger partial charge on any atom is 0.106 e. The Kier molecular flexibility index (Phi) is 8.69. The highest BCUT2D eigenvalue weighted by Gasteiger charge is 2.53. The summed E-state index contributed by atoms with van der Waals surface area (Å²) in [6.07, 6.45) is 36.1. The van der Waals surface area contributed by atoms with Crippen LogP contribution in [0.4, 0.5) is 11.4 Å². The van der Waals surface area contributed by atoms with Crippen LogP contribution in [0.5, 0.6) is 0 Å². The second-order valence-corrected chi connectivity index (χ2v) is 18.6. The second kappa shape index (κ2) is 14.7. The molecule has 0 amide bonds. The molecule has 0 aromatic heterocycles. The maximum absolute atomic E-state index is 7.45. The molecule has 310 valence electrons. The molecule has 9 aliphatic rings. The van der Waals surface area contributed by atoms with Crippen LogP contribution in [0.3, 0.4) is 0 Å². The molecule has 4 aromatic rings. The Morgan fingerprint density at radius 1 is 0.397 bits per heavy atom. The van der Waals surface area contributed by atoms with E-state index >= 15 is 0 Å². The molecule has 0 saturated carbocycles. The van der Waals surface area contributed by atoms with Crippen molar-refractivity contribution in [1.82, 2.24) is 0 Å². The summed E-state index contributed by atoms with van der Waals surface area (Å²) < 4.78 is 21.4. The standard InChI is InChI=1S/C58H50N2O3/c1-35-25-29-37(30-26-35)59(48-21-11-19-45-41-15-7-9-23-52(41)61-57(45)48)50-33-47-55-43-17-5-3-13-39(43)51(34-54(55)63-56(47)44-18-6-4-14-40(44)50)60(38-31-27-36(2)28-32-38)49-22-12-20-46-42-16-8-10-24-53(42)62-58(46)49/h3-34,41-42,45-47,52-58H,1-2H3. The third kappa shape index (κ3) is 5.87. The van der Waals surface area contributed by atoms with Crippen molar-refractivity contribution >= 4 is 22.8 Å². The molecule has 12 unspecified atom stereocenters. The first-order chi connectivity index (χ1) is 31.1. The van der Waals surface area contributed by atoms with Gasteiger partial charge in [-0.25, -0.2) is 0 Å². The molecule has 5 heteroatoms. The van der Waals surface area contributed by atoms with Crippen LogP contribution in [0.15, 0.2) is 206 Å². The molecule has 3 saturated heterocycles. The summed E-state index contributed by atoms with van der Waals surface area (Å²) in [5.41, 5.74) is 14.4. The summed E-state index contributed by atoms with van der Waals surface area (Å²) >= 11 is 0. The first-order valence-electron chi connectivity index (χ1n) is 22.9. The molecule has 3 fully saturated rings. The first-order valence-corrected chi connectivity index (χ1v) is 22.9. The molecule has 3 heterocycles. The lowest BCUT2D eigenvalue weighted by Gasteiger charge is -2.40. The van der Waals surface area contributed by atoms with Gasteiger partial charge in [-0.05, 0) is 67.5 Å². The van der Waals surface area contributed by atoms with Crippen LogP contribution in [-0.4, -0.2) is 30.5 Å². The van der Waals surface area contributed by atoms with E-state index in [-0.39, 0.29) is 60.3 Å². The van der Waals surface area contributed by atoms with Crippen molar-refractivity contribution in [2.75, 3.05) is 9.80 Å². The van der Waals surface area contributed by atoms with Gasteiger partial charge >= 0.3 is 0 Å². The lowest BCUT2D eigenvalue weighted by Crippen LogP contribution is -2.36. The van der Waals surface area contributed by atoms with Crippen LogP contribution >= 0.6 is 0 Å². The zero-order valence-corrected chi connectivity index (χ0v) is 35.5. The third-order valence-electron chi connectivity index (χ3n) is 15.0. The van der Waals surface area contributed by atoms with Crippen molar-refractivity contribution in [2.24, 2.45) is 29.6 Å². The van der Waals surface area contributed by atoms with E-state index in [1.165, 1.54) is 44.8 Å². The molecule has 63 heavy (non-hydrogen) atoms. The van der Waals surface area contributed by atoms with Crippen LogP contribution in [0.2, 0.25) is 0 Å². The normalized spacial score (nSPS) is 33.0. The van der Waals surface area contributed by atoms with Gasteiger partial charge in [0.1, 0.15) is 12.2 Å². The maximum atomic E-state index is 7.45. The lowest BCUT2D eigenvalue weighted by atomic mass is 9.72. The van der Waals surface area contributed by atoms with Gasteiger partial charge in [-0.15, -0.1) is 0 Å². The van der Waals surface area contributed by atoms with E-state index in [0.717, 1.165) is 22.8 Å². The minimum Gasteiger partial charge on any atom is -0.365 e. The number of hydrogen-bond acceptors (Lipinski definition) is 5. The van der Waals surface area contributed by atoms with Gasteiger partial charge in [0.15, 0.2) is 0 Å². The van der Waals surface area contributed by atoms with Crippen LogP contribution in [0, 0.1) is 43.4 Å². The largest absolute Gasteiger partial charge is 0.365 e. The van der Waals surface area contributed by atoms with E-state index in [1.54, 1.807) is 0 Å². The summed E-state index contributed by atoms with van der Waals surface area (Å²) in [5, 5.41) is 0. The van der Waals surface area contributed by atoms with Gasteiger partial charge in [-0.3, -0.25) is 0 Å². The number of benzene rings is 4. The highest BCUT2D eigenvalue weighted by molar-refractivity contribution is 5.89. The number of nitrogens with zero attached hydrogens (tertiary/aromatic N) is 2. The summed E-state index contributed by atoms with van der Waals surface area (Å²) in [4.78, 5) is 4.98.